The maximum Gasteiger partial charge on any atom is 0.244 e. The third-order valence-electron chi connectivity index (χ3n) is 4.76. The average Bonchev–Trinajstić information content (AvgIpc) is 2.74. The van der Waals surface area contributed by atoms with Crippen molar-refractivity contribution in [3.63, 3.8) is 0 Å². The quantitative estimate of drug-likeness (QED) is 0.542. The number of sulfonamides is 1. The Kier molecular flexibility index (Phi) is 9.21. The number of hydrogen-bond donors (Lipinski definition) is 1. The molecule has 0 heterocycles. The fourth-order valence-electron chi connectivity index (χ4n) is 3.14. The summed E-state index contributed by atoms with van der Waals surface area (Å²) >= 11 is 18.0. The highest BCUT2D eigenvalue weighted by molar-refractivity contribution is 7.92. The van der Waals surface area contributed by atoms with Gasteiger partial charge in [0, 0.05) is 18.6 Å². The summed E-state index contributed by atoms with van der Waals surface area (Å²) in [6.45, 7) is 1.32. The molecule has 0 radical (unpaired) electrons. The molecule has 0 aliphatic heterocycles. The molecule has 32 heavy (non-hydrogen) atoms. The van der Waals surface area contributed by atoms with Gasteiger partial charge in [-0.25, -0.2) is 8.42 Å². The van der Waals surface area contributed by atoms with E-state index in [0.29, 0.717) is 27.1 Å². The molecule has 174 valence electrons. The molecule has 0 aromatic heterocycles. The number of amides is 2. The molecule has 0 fully saturated rings. The Morgan fingerprint density at radius 1 is 1.03 bits per heavy atom. The molecule has 11 heteroatoms. The summed E-state index contributed by atoms with van der Waals surface area (Å²) in [5, 5.41) is 3.65. The number of likely N-dealkylation sites (N-methyl/N-ethyl adjacent to an activating group) is 1. The summed E-state index contributed by atoms with van der Waals surface area (Å²) in [6.07, 6.45) is 1.33. The van der Waals surface area contributed by atoms with E-state index in [4.69, 9.17) is 34.8 Å². The van der Waals surface area contributed by atoms with Gasteiger partial charge >= 0.3 is 0 Å². The van der Waals surface area contributed by atoms with Gasteiger partial charge in [-0.15, -0.1) is 0 Å². The van der Waals surface area contributed by atoms with Crippen molar-refractivity contribution in [1.82, 2.24) is 10.2 Å². The lowest BCUT2D eigenvalue weighted by atomic mass is 10.1. The van der Waals surface area contributed by atoms with E-state index in [2.05, 4.69) is 5.32 Å². The van der Waals surface area contributed by atoms with Gasteiger partial charge < -0.3 is 10.2 Å². The maximum absolute atomic E-state index is 13.4. The first-order chi connectivity index (χ1) is 15.0. The SMILES string of the molecule is CC[C@H](C(=O)NC)N(Cc1ccc(Cl)c(Cl)c1)C(=O)CN(c1ccc(Cl)cc1)S(C)(=O)=O. The van der Waals surface area contributed by atoms with Crippen LogP contribution in [0.4, 0.5) is 5.69 Å². The van der Waals surface area contributed by atoms with Crippen molar-refractivity contribution >= 4 is 62.3 Å². The summed E-state index contributed by atoms with van der Waals surface area (Å²) in [5.74, 6) is -0.912. The second kappa shape index (κ2) is 11.2. The number of nitrogens with one attached hydrogen (secondary N) is 1. The highest BCUT2D eigenvalue weighted by Gasteiger charge is 2.31. The summed E-state index contributed by atoms with van der Waals surface area (Å²) in [6, 6.07) is 10.2. The van der Waals surface area contributed by atoms with Crippen LogP contribution < -0.4 is 9.62 Å². The molecule has 2 amide bonds. The van der Waals surface area contributed by atoms with Crippen LogP contribution in [0.2, 0.25) is 15.1 Å². The molecule has 0 aliphatic rings. The Hall–Kier alpha value is -2.00. The zero-order valence-corrected chi connectivity index (χ0v) is 20.9. The van der Waals surface area contributed by atoms with Crippen LogP contribution in [-0.2, 0) is 26.2 Å². The van der Waals surface area contributed by atoms with Crippen molar-refractivity contribution < 1.29 is 18.0 Å². The first-order valence-electron chi connectivity index (χ1n) is 9.66. The highest BCUT2D eigenvalue weighted by Crippen LogP contribution is 2.25. The predicted octanol–water partition coefficient (Wildman–Crippen LogP) is 3.97. The van der Waals surface area contributed by atoms with E-state index in [1.165, 1.54) is 36.2 Å². The molecule has 7 nitrogen and oxygen atoms in total. The van der Waals surface area contributed by atoms with Crippen LogP contribution in [0.25, 0.3) is 0 Å². The normalized spacial score (nSPS) is 12.2. The lowest BCUT2D eigenvalue weighted by molar-refractivity contribution is -0.140. The average molecular weight is 521 g/mol. The molecule has 0 unspecified atom stereocenters. The fraction of sp³-hybridized carbons (Fsp3) is 0.333. The molecule has 0 saturated heterocycles. The Morgan fingerprint density at radius 3 is 2.16 bits per heavy atom. The Balaban J connectivity index is 2.43. The maximum atomic E-state index is 13.4. The van der Waals surface area contributed by atoms with Gasteiger partial charge in [-0.1, -0.05) is 47.8 Å². The zero-order valence-electron chi connectivity index (χ0n) is 17.8. The van der Waals surface area contributed by atoms with Gasteiger partial charge in [0.05, 0.1) is 22.0 Å². The van der Waals surface area contributed by atoms with Crippen LogP contribution in [0, 0.1) is 0 Å². The molecule has 1 N–H and O–H groups in total. The minimum absolute atomic E-state index is 0.0415. The second-order valence-electron chi connectivity index (χ2n) is 7.05. The number of halogens is 3. The number of benzene rings is 2. The summed E-state index contributed by atoms with van der Waals surface area (Å²) in [7, 11) is -2.32. The number of nitrogens with zero attached hydrogens (tertiary/aromatic N) is 2. The lowest BCUT2D eigenvalue weighted by Gasteiger charge is -2.32. The van der Waals surface area contributed by atoms with Crippen LogP contribution in [0.15, 0.2) is 42.5 Å². The van der Waals surface area contributed by atoms with Crippen LogP contribution in [0.1, 0.15) is 18.9 Å². The van der Waals surface area contributed by atoms with Crippen LogP contribution in [0.5, 0.6) is 0 Å². The molecule has 1 atom stereocenters. The van der Waals surface area contributed by atoms with Crippen LogP contribution in [-0.4, -0.2) is 51.0 Å². The van der Waals surface area contributed by atoms with Crippen molar-refractivity contribution in [2.45, 2.75) is 25.9 Å². The smallest absolute Gasteiger partial charge is 0.244 e. The Labute approximate surface area is 203 Å². The third kappa shape index (κ3) is 6.75. The minimum atomic E-state index is -3.80. The number of carbonyl (C=O) groups excluding carboxylic acids is 2. The molecule has 0 aliphatic carbocycles. The molecule has 0 bridgehead atoms. The highest BCUT2D eigenvalue weighted by atomic mass is 35.5. The first kappa shape index (κ1) is 26.3. The van der Waals surface area contributed by atoms with Gasteiger partial charge in [0.1, 0.15) is 12.6 Å². The van der Waals surface area contributed by atoms with Crippen molar-refractivity contribution in [1.29, 1.82) is 0 Å². The molecule has 2 rings (SSSR count). The largest absolute Gasteiger partial charge is 0.357 e. The van der Waals surface area contributed by atoms with Crippen molar-refractivity contribution in [3.05, 3.63) is 63.1 Å². The minimum Gasteiger partial charge on any atom is -0.357 e. The van der Waals surface area contributed by atoms with Gasteiger partial charge in [-0.2, -0.15) is 0 Å². The van der Waals surface area contributed by atoms with E-state index in [-0.39, 0.29) is 18.1 Å². The third-order valence-corrected chi connectivity index (χ3v) is 6.89. The summed E-state index contributed by atoms with van der Waals surface area (Å²) in [5.41, 5.74) is 0.931. The summed E-state index contributed by atoms with van der Waals surface area (Å²) < 4.78 is 25.9. The van der Waals surface area contributed by atoms with E-state index in [9.17, 15) is 18.0 Å². The second-order valence-corrected chi connectivity index (χ2v) is 10.2. The molecular formula is C21H24Cl3N3O4S. The fourth-order valence-corrected chi connectivity index (χ4v) is 4.44. The number of hydrogen-bond acceptors (Lipinski definition) is 4. The number of rotatable bonds is 9. The standard InChI is InChI=1S/C21H24Cl3N3O4S/c1-4-19(21(29)25-2)26(12-14-5-10-17(23)18(24)11-14)20(28)13-27(32(3,30)31)16-8-6-15(22)7-9-16/h5-11,19H,4,12-13H2,1-3H3,(H,25,29)/t19-/m1/s1. The van der Waals surface area contributed by atoms with Gasteiger partial charge in [0.2, 0.25) is 21.8 Å². The van der Waals surface area contributed by atoms with Crippen molar-refractivity contribution in [2.75, 3.05) is 24.2 Å². The molecule has 0 spiro atoms. The molecule has 0 saturated carbocycles. The lowest BCUT2D eigenvalue weighted by Crippen LogP contribution is -2.51. The monoisotopic (exact) mass is 519 g/mol. The Bertz CT molecular complexity index is 1080. The molecular weight excluding hydrogens is 497 g/mol. The van der Waals surface area contributed by atoms with Gasteiger partial charge in [-0.05, 0) is 48.4 Å². The van der Waals surface area contributed by atoms with E-state index in [0.717, 1.165) is 10.6 Å². The van der Waals surface area contributed by atoms with Gasteiger partial charge in [0.15, 0.2) is 0 Å². The first-order valence-corrected chi connectivity index (χ1v) is 12.6. The topological polar surface area (TPSA) is 86.8 Å². The predicted molar refractivity (Wildman–Crippen MR) is 129 cm³/mol. The van der Waals surface area contributed by atoms with E-state index >= 15 is 0 Å². The van der Waals surface area contributed by atoms with Gasteiger partial charge in [0.25, 0.3) is 0 Å². The van der Waals surface area contributed by atoms with E-state index in [1.807, 2.05) is 0 Å². The Morgan fingerprint density at radius 2 is 1.66 bits per heavy atom. The van der Waals surface area contributed by atoms with Crippen LogP contribution >= 0.6 is 34.8 Å². The van der Waals surface area contributed by atoms with Crippen molar-refractivity contribution in [2.24, 2.45) is 0 Å². The van der Waals surface area contributed by atoms with Gasteiger partial charge in [-0.3, -0.25) is 13.9 Å². The number of anilines is 1. The van der Waals surface area contributed by atoms with E-state index < -0.39 is 28.5 Å². The number of carbonyl (C=O) groups is 2. The van der Waals surface area contributed by atoms with E-state index in [1.54, 1.807) is 25.1 Å². The molecule has 2 aromatic carbocycles. The van der Waals surface area contributed by atoms with Crippen LogP contribution in [0.3, 0.4) is 0 Å². The summed E-state index contributed by atoms with van der Waals surface area (Å²) in [4.78, 5) is 27.2. The van der Waals surface area contributed by atoms with Crippen molar-refractivity contribution in [3.8, 4) is 0 Å². The zero-order chi connectivity index (χ0) is 24.1. The molecule has 2 aromatic rings.